The quantitative estimate of drug-likeness (QED) is 0.734. The maximum atomic E-state index is 13.0. The lowest BCUT2D eigenvalue weighted by molar-refractivity contribution is -0.131. The first-order valence-electron chi connectivity index (χ1n) is 12.5. The largest absolute Gasteiger partial charge is 0.341 e. The standard InChI is InChI=1S/C24H37N5O2/c30-23-16-21(25-22-6-2-1-3-12-29(22)23)19-7-15-28(17-19)24(31)18-26-13-8-20(9-14-26)27-10-4-5-11-27/h16,19-20H,1-15,17-18H2/t19-/m0/s1. The van der Waals surface area contributed by atoms with Gasteiger partial charge < -0.3 is 9.80 Å². The van der Waals surface area contributed by atoms with E-state index in [0.717, 1.165) is 69.4 Å². The van der Waals surface area contributed by atoms with Gasteiger partial charge in [0.25, 0.3) is 5.56 Å². The zero-order valence-corrected chi connectivity index (χ0v) is 18.8. The normalized spacial score (nSPS) is 26.2. The molecule has 1 aromatic rings. The molecule has 1 amide bonds. The molecule has 0 aromatic carbocycles. The molecule has 0 unspecified atom stereocenters. The summed E-state index contributed by atoms with van der Waals surface area (Å²) in [5.74, 6) is 1.39. The van der Waals surface area contributed by atoms with Gasteiger partial charge in [0.2, 0.25) is 5.91 Å². The number of carbonyl (C=O) groups is 1. The van der Waals surface area contributed by atoms with Crippen molar-refractivity contribution in [3.05, 3.63) is 27.9 Å². The van der Waals surface area contributed by atoms with Gasteiger partial charge in [0.1, 0.15) is 5.82 Å². The van der Waals surface area contributed by atoms with E-state index in [2.05, 4.69) is 9.80 Å². The van der Waals surface area contributed by atoms with Gasteiger partial charge in [0.05, 0.1) is 12.2 Å². The number of hydrogen-bond acceptors (Lipinski definition) is 5. The number of aryl methyl sites for hydroxylation is 1. The van der Waals surface area contributed by atoms with E-state index in [-0.39, 0.29) is 17.4 Å². The van der Waals surface area contributed by atoms with E-state index in [1.807, 2.05) is 9.47 Å². The van der Waals surface area contributed by atoms with Gasteiger partial charge in [-0.3, -0.25) is 19.1 Å². The molecule has 5 rings (SSSR count). The van der Waals surface area contributed by atoms with Gasteiger partial charge in [-0.1, -0.05) is 6.42 Å². The second-order valence-corrected chi connectivity index (χ2v) is 9.97. The minimum absolute atomic E-state index is 0.0903. The summed E-state index contributed by atoms with van der Waals surface area (Å²) in [5, 5.41) is 0. The maximum Gasteiger partial charge on any atom is 0.253 e. The molecule has 1 aromatic heterocycles. The van der Waals surface area contributed by atoms with Crippen molar-refractivity contribution in [3.63, 3.8) is 0 Å². The van der Waals surface area contributed by atoms with Crippen LogP contribution in [0.15, 0.2) is 10.9 Å². The van der Waals surface area contributed by atoms with Crippen LogP contribution in [-0.2, 0) is 17.8 Å². The van der Waals surface area contributed by atoms with Crippen LogP contribution in [0.25, 0.3) is 0 Å². The Hall–Kier alpha value is -1.73. The highest BCUT2D eigenvalue weighted by molar-refractivity contribution is 5.78. The molecule has 0 N–H and O–H groups in total. The SMILES string of the molecule is O=C(CN1CCC(N2CCCC2)CC1)N1CC[C@H](c2cc(=O)n3c(n2)CCCCC3)C1. The number of likely N-dealkylation sites (tertiary alicyclic amines) is 3. The summed E-state index contributed by atoms with van der Waals surface area (Å²) >= 11 is 0. The van der Waals surface area contributed by atoms with E-state index < -0.39 is 0 Å². The minimum Gasteiger partial charge on any atom is -0.341 e. The molecular formula is C24H37N5O2. The third-order valence-corrected chi connectivity index (χ3v) is 7.92. The van der Waals surface area contributed by atoms with E-state index in [4.69, 9.17) is 4.98 Å². The molecule has 7 heteroatoms. The third kappa shape index (κ3) is 4.72. The molecule has 0 spiro atoms. The zero-order chi connectivity index (χ0) is 21.2. The van der Waals surface area contributed by atoms with E-state index >= 15 is 0 Å². The number of amides is 1. The first kappa shape index (κ1) is 21.1. The van der Waals surface area contributed by atoms with Crippen molar-refractivity contribution >= 4 is 5.91 Å². The molecule has 3 saturated heterocycles. The zero-order valence-electron chi connectivity index (χ0n) is 18.8. The minimum atomic E-state index is 0.0903. The second-order valence-electron chi connectivity index (χ2n) is 9.97. The topological polar surface area (TPSA) is 61.7 Å². The Morgan fingerprint density at radius 1 is 0.935 bits per heavy atom. The van der Waals surface area contributed by atoms with Gasteiger partial charge in [-0.15, -0.1) is 0 Å². The summed E-state index contributed by atoms with van der Waals surface area (Å²) in [5.41, 5.74) is 0.993. The average Bonchev–Trinajstić information content (AvgIpc) is 3.43. The first-order chi connectivity index (χ1) is 15.2. The molecule has 4 aliphatic rings. The smallest absolute Gasteiger partial charge is 0.253 e. The molecule has 0 aliphatic carbocycles. The van der Waals surface area contributed by atoms with Crippen LogP contribution in [0.4, 0.5) is 0 Å². The lowest BCUT2D eigenvalue weighted by Gasteiger charge is -2.36. The van der Waals surface area contributed by atoms with Gasteiger partial charge in [0, 0.05) is 57.2 Å². The van der Waals surface area contributed by atoms with Gasteiger partial charge in [-0.25, -0.2) is 4.98 Å². The molecule has 31 heavy (non-hydrogen) atoms. The van der Waals surface area contributed by atoms with E-state index in [1.165, 1.54) is 45.2 Å². The molecule has 0 saturated carbocycles. The fourth-order valence-corrected chi connectivity index (χ4v) is 6.01. The second kappa shape index (κ2) is 9.41. The number of nitrogens with zero attached hydrogens (tertiary/aromatic N) is 5. The van der Waals surface area contributed by atoms with Crippen molar-refractivity contribution in [2.75, 3.05) is 45.8 Å². The number of carbonyl (C=O) groups excluding carboxylic acids is 1. The molecule has 4 aliphatic heterocycles. The Morgan fingerprint density at radius 3 is 2.52 bits per heavy atom. The highest BCUT2D eigenvalue weighted by Crippen LogP contribution is 2.27. The maximum absolute atomic E-state index is 13.0. The van der Waals surface area contributed by atoms with Crippen molar-refractivity contribution in [1.29, 1.82) is 0 Å². The molecule has 3 fully saturated rings. The highest BCUT2D eigenvalue weighted by atomic mass is 16.2. The van der Waals surface area contributed by atoms with E-state index in [0.29, 0.717) is 13.1 Å². The van der Waals surface area contributed by atoms with Crippen LogP contribution < -0.4 is 5.56 Å². The van der Waals surface area contributed by atoms with Crippen molar-refractivity contribution in [1.82, 2.24) is 24.3 Å². The number of hydrogen-bond donors (Lipinski definition) is 0. The fraction of sp³-hybridized carbons (Fsp3) is 0.792. The summed E-state index contributed by atoms with van der Waals surface area (Å²) in [4.78, 5) is 37.5. The van der Waals surface area contributed by atoms with Crippen molar-refractivity contribution < 1.29 is 4.79 Å². The summed E-state index contributed by atoms with van der Waals surface area (Å²) in [6.45, 7) is 7.43. The molecule has 0 radical (unpaired) electrons. The fourth-order valence-electron chi connectivity index (χ4n) is 6.01. The Bertz CT molecular complexity index is 839. The summed E-state index contributed by atoms with van der Waals surface area (Å²) in [6, 6.07) is 2.46. The van der Waals surface area contributed by atoms with Crippen LogP contribution >= 0.6 is 0 Å². The van der Waals surface area contributed by atoms with Crippen LogP contribution in [-0.4, -0.2) is 82.0 Å². The van der Waals surface area contributed by atoms with Crippen molar-refractivity contribution in [2.45, 2.75) is 76.3 Å². The van der Waals surface area contributed by atoms with Crippen LogP contribution in [0.1, 0.15) is 68.8 Å². The Balaban J connectivity index is 1.15. The van der Waals surface area contributed by atoms with Crippen LogP contribution in [0.5, 0.6) is 0 Å². The summed E-state index contributed by atoms with van der Waals surface area (Å²) in [6.07, 6.45) is 10.2. The van der Waals surface area contributed by atoms with Crippen LogP contribution in [0, 0.1) is 0 Å². The van der Waals surface area contributed by atoms with E-state index in [1.54, 1.807) is 6.07 Å². The van der Waals surface area contributed by atoms with Crippen molar-refractivity contribution in [3.8, 4) is 0 Å². The average molecular weight is 428 g/mol. The van der Waals surface area contributed by atoms with Gasteiger partial charge in [-0.2, -0.15) is 0 Å². The lowest BCUT2D eigenvalue weighted by Crippen LogP contribution is -2.47. The number of piperidine rings is 1. The predicted molar refractivity (Wildman–Crippen MR) is 120 cm³/mol. The number of rotatable bonds is 4. The molecule has 1 atom stereocenters. The summed E-state index contributed by atoms with van der Waals surface area (Å²) < 4.78 is 1.86. The van der Waals surface area contributed by atoms with Gasteiger partial charge in [0.15, 0.2) is 0 Å². The molecule has 5 heterocycles. The van der Waals surface area contributed by atoms with Gasteiger partial charge >= 0.3 is 0 Å². The molecule has 7 nitrogen and oxygen atoms in total. The summed E-state index contributed by atoms with van der Waals surface area (Å²) in [7, 11) is 0. The first-order valence-corrected chi connectivity index (χ1v) is 12.5. The highest BCUT2D eigenvalue weighted by Gasteiger charge is 2.32. The monoisotopic (exact) mass is 427 g/mol. The molecule has 0 bridgehead atoms. The van der Waals surface area contributed by atoms with Crippen LogP contribution in [0.2, 0.25) is 0 Å². The Labute approximate surface area is 185 Å². The van der Waals surface area contributed by atoms with E-state index in [9.17, 15) is 9.59 Å². The third-order valence-electron chi connectivity index (χ3n) is 7.92. The molecular weight excluding hydrogens is 390 g/mol. The lowest BCUT2D eigenvalue weighted by atomic mass is 10.0. The number of aromatic nitrogens is 2. The van der Waals surface area contributed by atoms with Crippen LogP contribution in [0.3, 0.4) is 0 Å². The Morgan fingerprint density at radius 2 is 1.71 bits per heavy atom. The number of fused-ring (bicyclic) bond motifs is 1. The van der Waals surface area contributed by atoms with Crippen molar-refractivity contribution in [2.24, 2.45) is 0 Å². The van der Waals surface area contributed by atoms with Gasteiger partial charge in [-0.05, 0) is 58.0 Å². The predicted octanol–water partition coefficient (Wildman–Crippen LogP) is 1.85. The Kier molecular flexibility index (Phi) is 6.41. The molecule has 170 valence electrons.